The number of hydrogen-bond donors (Lipinski definition) is 1. The van der Waals surface area contributed by atoms with Crippen LogP contribution in [-0.4, -0.2) is 36.6 Å². The Balaban J connectivity index is 1.59. The number of hydrogen-bond acceptors (Lipinski definition) is 4. The van der Waals surface area contributed by atoms with Crippen LogP contribution in [0, 0.1) is 5.92 Å². The summed E-state index contributed by atoms with van der Waals surface area (Å²) < 4.78 is 11.6. The van der Waals surface area contributed by atoms with Crippen LogP contribution in [0.2, 0.25) is 0 Å². The molecule has 116 valence electrons. The molecule has 0 radical (unpaired) electrons. The number of nitrogens with two attached hydrogens (primary N) is 1. The Bertz CT molecular complexity index is 493. The molecule has 3 rings (SSSR count). The summed E-state index contributed by atoms with van der Waals surface area (Å²) in [7, 11) is 0. The fourth-order valence-corrected chi connectivity index (χ4v) is 3.10. The predicted octanol–water partition coefficient (Wildman–Crippen LogP) is 1.87. The van der Waals surface area contributed by atoms with Crippen molar-refractivity contribution in [3.8, 4) is 0 Å². The molecule has 1 aliphatic carbocycles. The second-order valence-electron chi connectivity index (χ2n) is 6.39. The Morgan fingerprint density at radius 1 is 1.48 bits per heavy atom. The summed E-state index contributed by atoms with van der Waals surface area (Å²) in [6.07, 6.45) is 3.58. The average Bonchev–Trinajstić information content (AvgIpc) is 2.84. The zero-order valence-corrected chi connectivity index (χ0v) is 12.6. The predicted molar refractivity (Wildman–Crippen MR) is 78.7 cm³/mol. The summed E-state index contributed by atoms with van der Waals surface area (Å²) in [4.78, 5) is 13.3. The van der Waals surface area contributed by atoms with Crippen LogP contribution in [0.25, 0.3) is 0 Å². The summed E-state index contributed by atoms with van der Waals surface area (Å²) in [6, 6.07) is 4.09. The van der Waals surface area contributed by atoms with Gasteiger partial charge in [0.2, 0.25) is 5.91 Å². The fraction of sp³-hybridized carbons (Fsp3) is 0.688. The minimum Gasteiger partial charge on any atom is -0.464 e. The van der Waals surface area contributed by atoms with Crippen LogP contribution in [0.5, 0.6) is 0 Å². The number of amides is 1. The van der Waals surface area contributed by atoms with Gasteiger partial charge in [-0.1, -0.05) is 6.92 Å². The Labute approximate surface area is 125 Å². The number of ether oxygens (including phenoxy) is 1. The third kappa shape index (κ3) is 3.86. The molecule has 1 amide bonds. The highest BCUT2D eigenvalue weighted by atomic mass is 16.5. The smallest absolute Gasteiger partial charge is 0.231 e. The molecule has 5 heteroatoms. The van der Waals surface area contributed by atoms with Crippen molar-refractivity contribution >= 4 is 5.91 Å². The van der Waals surface area contributed by atoms with Gasteiger partial charge in [0.1, 0.15) is 11.5 Å². The van der Waals surface area contributed by atoms with Crippen molar-refractivity contribution < 1.29 is 13.9 Å². The van der Waals surface area contributed by atoms with Crippen LogP contribution in [0.15, 0.2) is 16.5 Å². The van der Waals surface area contributed by atoms with E-state index in [4.69, 9.17) is 14.9 Å². The molecule has 2 heterocycles. The van der Waals surface area contributed by atoms with E-state index in [9.17, 15) is 4.79 Å². The van der Waals surface area contributed by atoms with E-state index in [0.29, 0.717) is 12.5 Å². The summed E-state index contributed by atoms with van der Waals surface area (Å²) in [5.41, 5.74) is 5.35. The lowest BCUT2D eigenvalue weighted by Gasteiger charge is -2.22. The minimum atomic E-state index is -0.310. The van der Waals surface area contributed by atoms with E-state index < -0.39 is 0 Å². The Kier molecular flexibility index (Phi) is 4.31. The van der Waals surface area contributed by atoms with Gasteiger partial charge in [-0.25, -0.2) is 0 Å². The molecule has 1 saturated heterocycles. The summed E-state index contributed by atoms with van der Waals surface area (Å²) in [5, 5.41) is 0. The maximum Gasteiger partial charge on any atom is 0.231 e. The van der Waals surface area contributed by atoms with Gasteiger partial charge in [0, 0.05) is 19.1 Å². The first-order valence-corrected chi connectivity index (χ1v) is 7.82. The van der Waals surface area contributed by atoms with Crippen LogP contribution < -0.4 is 5.73 Å². The minimum absolute atomic E-state index is 0.210. The zero-order valence-electron chi connectivity index (χ0n) is 12.6. The standard InChI is InChI=1S/C16H24N2O3/c1-11-7-14(11)15-5-4-13(21-15)9-18(10-16(17)19)8-12-3-2-6-20-12/h4-5,11-12,14H,2-3,6-10H2,1H3,(H2,17,19). The molecular weight excluding hydrogens is 268 g/mol. The zero-order chi connectivity index (χ0) is 14.8. The Morgan fingerprint density at radius 2 is 2.29 bits per heavy atom. The molecule has 1 aliphatic heterocycles. The third-order valence-corrected chi connectivity index (χ3v) is 4.40. The lowest BCUT2D eigenvalue weighted by Crippen LogP contribution is -2.38. The molecule has 0 aromatic carbocycles. The van der Waals surface area contributed by atoms with Crippen LogP contribution in [0.1, 0.15) is 43.6 Å². The van der Waals surface area contributed by atoms with Gasteiger partial charge >= 0.3 is 0 Å². The monoisotopic (exact) mass is 292 g/mol. The van der Waals surface area contributed by atoms with Crippen LogP contribution >= 0.6 is 0 Å². The molecular formula is C16H24N2O3. The first-order valence-electron chi connectivity index (χ1n) is 7.82. The average molecular weight is 292 g/mol. The highest BCUT2D eigenvalue weighted by Gasteiger charge is 2.36. The van der Waals surface area contributed by atoms with E-state index in [1.54, 1.807) is 0 Å². The molecule has 3 unspecified atom stereocenters. The number of nitrogens with zero attached hydrogens (tertiary/aromatic N) is 1. The molecule has 0 spiro atoms. The van der Waals surface area contributed by atoms with Crippen molar-refractivity contribution in [1.29, 1.82) is 0 Å². The first-order chi connectivity index (χ1) is 10.1. The number of rotatable bonds is 7. The molecule has 2 aliphatic rings. The van der Waals surface area contributed by atoms with Crippen molar-refractivity contribution in [2.75, 3.05) is 19.7 Å². The number of furan rings is 1. The molecule has 1 saturated carbocycles. The molecule has 21 heavy (non-hydrogen) atoms. The van der Waals surface area contributed by atoms with Gasteiger partial charge in [-0.15, -0.1) is 0 Å². The second-order valence-corrected chi connectivity index (χ2v) is 6.39. The SMILES string of the molecule is CC1CC1c1ccc(CN(CC(N)=O)CC2CCCO2)o1. The van der Waals surface area contributed by atoms with Gasteiger partial charge < -0.3 is 14.9 Å². The van der Waals surface area contributed by atoms with Crippen molar-refractivity contribution in [1.82, 2.24) is 4.90 Å². The van der Waals surface area contributed by atoms with E-state index >= 15 is 0 Å². The Morgan fingerprint density at radius 3 is 2.90 bits per heavy atom. The van der Waals surface area contributed by atoms with Gasteiger partial charge in [0.05, 0.1) is 19.2 Å². The fourth-order valence-electron chi connectivity index (χ4n) is 3.10. The van der Waals surface area contributed by atoms with Gasteiger partial charge in [-0.3, -0.25) is 9.69 Å². The van der Waals surface area contributed by atoms with Gasteiger partial charge in [0.15, 0.2) is 0 Å². The summed E-state index contributed by atoms with van der Waals surface area (Å²) >= 11 is 0. The van der Waals surface area contributed by atoms with Crippen LogP contribution in [0.3, 0.4) is 0 Å². The van der Waals surface area contributed by atoms with Crippen molar-refractivity contribution in [3.05, 3.63) is 23.7 Å². The summed E-state index contributed by atoms with van der Waals surface area (Å²) in [6.45, 7) is 4.65. The topological polar surface area (TPSA) is 68.7 Å². The van der Waals surface area contributed by atoms with E-state index in [2.05, 4.69) is 13.0 Å². The van der Waals surface area contributed by atoms with Crippen LogP contribution in [-0.2, 0) is 16.1 Å². The lowest BCUT2D eigenvalue weighted by molar-refractivity contribution is -0.119. The molecule has 3 atom stereocenters. The van der Waals surface area contributed by atoms with Crippen LogP contribution in [0.4, 0.5) is 0 Å². The first kappa shape index (κ1) is 14.6. The maximum absolute atomic E-state index is 11.2. The third-order valence-electron chi connectivity index (χ3n) is 4.40. The molecule has 5 nitrogen and oxygen atoms in total. The Hall–Kier alpha value is -1.33. The van der Waals surface area contributed by atoms with E-state index in [1.807, 2.05) is 11.0 Å². The number of carbonyl (C=O) groups is 1. The molecule has 0 bridgehead atoms. The molecule has 2 fully saturated rings. The maximum atomic E-state index is 11.2. The molecule has 1 aromatic heterocycles. The molecule has 1 aromatic rings. The highest BCUT2D eigenvalue weighted by molar-refractivity contribution is 5.75. The lowest BCUT2D eigenvalue weighted by atomic mass is 10.2. The van der Waals surface area contributed by atoms with Gasteiger partial charge in [0.25, 0.3) is 0 Å². The van der Waals surface area contributed by atoms with Gasteiger partial charge in [-0.2, -0.15) is 0 Å². The largest absolute Gasteiger partial charge is 0.464 e. The normalized spacial score (nSPS) is 28.2. The molecule has 2 N–H and O–H groups in total. The van der Waals surface area contributed by atoms with Crippen molar-refractivity contribution in [2.24, 2.45) is 11.7 Å². The van der Waals surface area contributed by atoms with Gasteiger partial charge in [-0.05, 0) is 37.3 Å². The quantitative estimate of drug-likeness (QED) is 0.833. The van der Waals surface area contributed by atoms with Crippen molar-refractivity contribution in [2.45, 2.75) is 44.8 Å². The van der Waals surface area contributed by atoms with E-state index in [-0.39, 0.29) is 18.6 Å². The van der Waals surface area contributed by atoms with E-state index in [1.165, 1.54) is 6.42 Å². The second kappa shape index (κ2) is 6.20. The number of carbonyl (C=O) groups excluding carboxylic acids is 1. The van der Waals surface area contributed by atoms with Crippen molar-refractivity contribution in [3.63, 3.8) is 0 Å². The van der Waals surface area contributed by atoms with E-state index in [0.717, 1.165) is 43.4 Å². The summed E-state index contributed by atoms with van der Waals surface area (Å²) in [5.74, 6) is 2.99. The number of primary amides is 1. The highest BCUT2D eigenvalue weighted by Crippen LogP contribution is 2.47.